The molecule has 0 unspecified atom stereocenters. The summed E-state index contributed by atoms with van der Waals surface area (Å²) in [7, 11) is 0. The lowest BCUT2D eigenvalue weighted by Crippen LogP contribution is -2.08. The van der Waals surface area contributed by atoms with Gasteiger partial charge < -0.3 is 4.74 Å². The zero-order chi connectivity index (χ0) is 14.0. The van der Waals surface area contributed by atoms with Crippen molar-refractivity contribution in [2.24, 2.45) is 0 Å². The van der Waals surface area contributed by atoms with Gasteiger partial charge in [0.1, 0.15) is 0 Å². The molecule has 0 N–H and O–H groups in total. The number of ether oxygens (including phenoxy) is 1. The molecule has 100 valence electrons. The van der Waals surface area contributed by atoms with E-state index in [9.17, 15) is 13.6 Å². The predicted octanol–water partition coefficient (Wildman–Crippen LogP) is 2.03. The lowest BCUT2D eigenvalue weighted by molar-refractivity contribution is 0.0518. The second-order valence-corrected chi connectivity index (χ2v) is 3.75. The summed E-state index contributed by atoms with van der Waals surface area (Å²) in [6.07, 6.45) is 0. The number of halogens is 2. The van der Waals surface area contributed by atoms with Crippen LogP contribution in [-0.2, 0) is 4.74 Å². The molecule has 19 heavy (non-hydrogen) atoms. The number of esters is 1. The number of aromatic nitrogens is 3. The molecule has 0 fully saturated rings. The van der Waals surface area contributed by atoms with Crippen LogP contribution in [0.2, 0.25) is 0 Å². The Morgan fingerprint density at radius 1 is 1.37 bits per heavy atom. The van der Waals surface area contributed by atoms with Crippen LogP contribution in [-0.4, -0.2) is 27.6 Å². The molecular formula is C12H11F2N3O2. The number of carbonyl (C=O) groups is 1. The Hall–Kier alpha value is -2.31. The van der Waals surface area contributed by atoms with Gasteiger partial charge in [0.25, 0.3) is 0 Å². The fraction of sp³-hybridized carbons (Fsp3) is 0.250. The molecule has 2 rings (SSSR count). The van der Waals surface area contributed by atoms with Crippen LogP contribution in [0.4, 0.5) is 8.78 Å². The van der Waals surface area contributed by atoms with E-state index in [0.717, 1.165) is 12.1 Å². The van der Waals surface area contributed by atoms with E-state index < -0.39 is 17.6 Å². The lowest BCUT2D eigenvalue weighted by atomic mass is 10.2. The number of hydrogen-bond acceptors (Lipinski definition) is 4. The molecule has 0 aliphatic heterocycles. The first-order chi connectivity index (χ1) is 9.04. The minimum absolute atomic E-state index is 0.0478. The summed E-state index contributed by atoms with van der Waals surface area (Å²) < 4.78 is 32.1. The van der Waals surface area contributed by atoms with Gasteiger partial charge in [0, 0.05) is 6.07 Å². The Kier molecular flexibility index (Phi) is 3.55. The van der Waals surface area contributed by atoms with Crippen LogP contribution < -0.4 is 0 Å². The molecule has 0 spiro atoms. The Morgan fingerprint density at radius 3 is 2.74 bits per heavy atom. The third kappa shape index (κ3) is 2.44. The molecule has 0 atom stereocenters. The summed E-state index contributed by atoms with van der Waals surface area (Å²) in [5.41, 5.74) is 0.718. The first-order valence-corrected chi connectivity index (χ1v) is 5.59. The fourth-order valence-corrected chi connectivity index (χ4v) is 1.58. The molecule has 0 aliphatic carbocycles. The van der Waals surface area contributed by atoms with Gasteiger partial charge in [-0.15, -0.1) is 5.10 Å². The Bertz CT molecular complexity index is 625. The predicted molar refractivity (Wildman–Crippen MR) is 62.0 cm³/mol. The van der Waals surface area contributed by atoms with Gasteiger partial charge in [0.15, 0.2) is 17.3 Å². The van der Waals surface area contributed by atoms with Crippen LogP contribution in [0, 0.1) is 18.6 Å². The minimum Gasteiger partial charge on any atom is -0.461 e. The Balaban J connectivity index is 2.41. The number of rotatable bonds is 3. The van der Waals surface area contributed by atoms with Crippen molar-refractivity contribution in [3.8, 4) is 5.69 Å². The van der Waals surface area contributed by atoms with Gasteiger partial charge >= 0.3 is 5.97 Å². The highest BCUT2D eigenvalue weighted by atomic mass is 19.2. The maximum atomic E-state index is 13.2. The average molecular weight is 267 g/mol. The maximum Gasteiger partial charge on any atom is 0.360 e. The molecule has 1 aromatic heterocycles. The van der Waals surface area contributed by atoms with E-state index in [2.05, 4.69) is 10.3 Å². The quantitative estimate of drug-likeness (QED) is 0.798. The van der Waals surface area contributed by atoms with Gasteiger partial charge in [-0.2, -0.15) is 0 Å². The molecular weight excluding hydrogens is 256 g/mol. The van der Waals surface area contributed by atoms with Gasteiger partial charge in [-0.25, -0.2) is 18.3 Å². The zero-order valence-electron chi connectivity index (χ0n) is 10.4. The Labute approximate surface area is 107 Å². The van der Waals surface area contributed by atoms with Crippen LogP contribution in [0.3, 0.4) is 0 Å². The van der Waals surface area contributed by atoms with Crippen molar-refractivity contribution in [3.63, 3.8) is 0 Å². The van der Waals surface area contributed by atoms with Crippen molar-refractivity contribution in [1.29, 1.82) is 0 Å². The maximum absolute atomic E-state index is 13.2. The summed E-state index contributed by atoms with van der Waals surface area (Å²) in [6.45, 7) is 3.48. The molecule has 7 heteroatoms. The van der Waals surface area contributed by atoms with Gasteiger partial charge in [-0.05, 0) is 26.0 Å². The lowest BCUT2D eigenvalue weighted by Gasteiger charge is -2.04. The van der Waals surface area contributed by atoms with E-state index in [4.69, 9.17) is 4.74 Å². The average Bonchev–Trinajstić information content (AvgIpc) is 2.75. The van der Waals surface area contributed by atoms with Gasteiger partial charge in [0.05, 0.1) is 18.0 Å². The first kappa shape index (κ1) is 13.1. The van der Waals surface area contributed by atoms with Gasteiger partial charge in [-0.1, -0.05) is 5.21 Å². The highest BCUT2D eigenvalue weighted by Gasteiger charge is 2.18. The van der Waals surface area contributed by atoms with Crippen LogP contribution in [0.15, 0.2) is 18.2 Å². The molecule has 1 aromatic carbocycles. The van der Waals surface area contributed by atoms with Gasteiger partial charge in [0.2, 0.25) is 0 Å². The molecule has 0 saturated heterocycles. The summed E-state index contributed by atoms with van der Waals surface area (Å²) in [5.74, 6) is -2.55. The van der Waals surface area contributed by atoms with Crippen molar-refractivity contribution in [2.45, 2.75) is 13.8 Å². The molecule has 0 radical (unpaired) electrons. The van der Waals surface area contributed by atoms with Crippen molar-refractivity contribution >= 4 is 5.97 Å². The summed E-state index contributed by atoms with van der Waals surface area (Å²) in [5, 5.41) is 7.42. The number of hydrogen-bond donors (Lipinski definition) is 0. The van der Waals surface area contributed by atoms with Crippen molar-refractivity contribution < 1.29 is 18.3 Å². The Morgan fingerprint density at radius 2 is 2.11 bits per heavy atom. The van der Waals surface area contributed by atoms with Crippen LogP contribution in [0.25, 0.3) is 5.69 Å². The molecule has 0 amide bonds. The van der Waals surface area contributed by atoms with E-state index in [1.165, 1.54) is 10.7 Å². The fourth-order valence-electron chi connectivity index (χ4n) is 1.58. The van der Waals surface area contributed by atoms with E-state index in [0.29, 0.717) is 5.69 Å². The zero-order valence-corrected chi connectivity index (χ0v) is 10.4. The first-order valence-electron chi connectivity index (χ1n) is 5.59. The largest absolute Gasteiger partial charge is 0.461 e. The minimum atomic E-state index is -0.995. The van der Waals surface area contributed by atoms with Crippen LogP contribution in [0.1, 0.15) is 23.1 Å². The van der Waals surface area contributed by atoms with Crippen molar-refractivity contribution in [1.82, 2.24) is 15.0 Å². The monoisotopic (exact) mass is 267 g/mol. The second-order valence-electron chi connectivity index (χ2n) is 3.75. The SMILES string of the molecule is CCOC(=O)c1nnn(-c2ccc(F)c(F)c2)c1C. The smallest absolute Gasteiger partial charge is 0.360 e. The number of benzene rings is 1. The van der Waals surface area contributed by atoms with Crippen molar-refractivity contribution in [2.75, 3.05) is 6.61 Å². The van der Waals surface area contributed by atoms with E-state index in [-0.39, 0.29) is 18.0 Å². The van der Waals surface area contributed by atoms with Crippen LogP contribution in [0.5, 0.6) is 0 Å². The van der Waals surface area contributed by atoms with E-state index in [1.54, 1.807) is 13.8 Å². The normalized spacial score (nSPS) is 10.5. The van der Waals surface area contributed by atoms with E-state index in [1.807, 2.05) is 0 Å². The highest BCUT2D eigenvalue weighted by molar-refractivity contribution is 5.88. The standard InChI is InChI=1S/C12H11F2N3O2/c1-3-19-12(18)11-7(2)17(16-15-11)8-4-5-9(13)10(14)6-8/h4-6H,3H2,1-2H3. The number of carbonyl (C=O) groups excluding carboxylic acids is 1. The molecule has 2 aromatic rings. The third-order valence-corrected chi connectivity index (χ3v) is 2.51. The van der Waals surface area contributed by atoms with Crippen LogP contribution >= 0.6 is 0 Å². The van der Waals surface area contributed by atoms with Gasteiger partial charge in [-0.3, -0.25) is 0 Å². The molecule has 0 bridgehead atoms. The summed E-state index contributed by atoms with van der Waals surface area (Å²) in [4.78, 5) is 11.6. The third-order valence-electron chi connectivity index (χ3n) is 2.51. The second kappa shape index (κ2) is 5.13. The topological polar surface area (TPSA) is 57.0 Å². The highest BCUT2D eigenvalue weighted by Crippen LogP contribution is 2.15. The van der Waals surface area contributed by atoms with Crippen molar-refractivity contribution in [3.05, 3.63) is 41.2 Å². The van der Waals surface area contributed by atoms with E-state index >= 15 is 0 Å². The summed E-state index contributed by atoms with van der Waals surface area (Å²) in [6, 6.07) is 3.30. The molecule has 0 aliphatic rings. The number of nitrogens with zero attached hydrogens (tertiary/aromatic N) is 3. The molecule has 5 nitrogen and oxygen atoms in total. The molecule has 0 saturated carbocycles. The molecule has 1 heterocycles. The summed E-state index contributed by atoms with van der Waals surface area (Å²) >= 11 is 0.